The van der Waals surface area contributed by atoms with Crippen molar-refractivity contribution in [2.24, 2.45) is 10.7 Å². The summed E-state index contributed by atoms with van der Waals surface area (Å²) in [6.07, 6.45) is 3.85. The van der Waals surface area contributed by atoms with Gasteiger partial charge in [-0.25, -0.2) is 14.8 Å². The molecule has 1 aromatic heterocycles. The zero-order chi connectivity index (χ0) is 17.0. The van der Waals surface area contributed by atoms with Crippen molar-refractivity contribution in [1.82, 2.24) is 14.9 Å². The van der Waals surface area contributed by atoms with Gasteiger partial charge in [-0.3, -0.25) is 14.5 Å². The van der Waals surface area contributed by atoms with Crippen molar-refractivity contribution < 1.29 is 19.1 Å². The van der Waals surface area contributed by atoms with Gasteiger partial charge in [0.2, 0.25) is 0 Å². The molecule has 1 aliphatic heterocycles. The average molecular weight is 335 g/mol. The average Bonchev–Trinajstić information content (AvgIpc) is 3.08. The smallest absolute Gasteiger partial charge is 0.331 e. The number of aliphatic imine (C=N–C) groups is 1. The second-order valence-corrected chi connectivity index (χ2v) is 5.21. The van der Waals surface area contributed by atoms with Gasteiger partial charge in [0.25, 0.3) is 11.8 Å². The van der Waals surface area contributed by atoms with Crippen LogP contribution in [0.15, 0.2) is 35.0 Å². The molecular formula is C13H13N5O4S. The van der Waals surface area contributed by atoms with Crippen LogP contribution in [0.3, 0.4) is 0 Å². The van der Waals surface area contributed by atoms with E-state index in [0.717, 1.165) is 17.8 Å². The summed E-state index contributed by atoms with van der Waals surface area (Å²) in [7, 11) is 1.21. The number of thioether (sulfide) groups is 1. The molecule has 2 rings (SSSR count). The van der Waals surface area contributed by atoms with Gasteiger partial charge < -0.3 is 15.5 Å². The lowest BCUT2D eigenvalue weighted by Gasteiger charge is -2.12. The lowest BCUT2D eigenvalue weighted by atomic mass is 10.4. The molecule has 1 aliphatic rings. The highest BCUT2D eigenvalue weighted by molar-refractivity contribution is 8.18. The molecule has 3 N–H and O–H groups in total. The van der Waals surface area contributed by atoms with Crippen LogP contribution in [0.4, 0.5) is 5.82 Å². The zero-order valence-electron chi connectivity index (χ0n) is 12.1. The fourth-order valence-corrected chi connectivity index (χ4v) is 2.64. The van der Waals surface area contributed by atoms with Gasteiger partial charge in [-0.15, -0.1) is 6.58 Å². The summed E-state index contributed by atoms with van der Waals surface area (Å²) >= 11 is 0.962. The van der Waals surface area contributed by atoms with Crippen molar-refractivity contribution in [3.05, 3.63) is 35.7 Å². The Morgan fingerprint density at radius 3 is 2.96 bits per heavy atom. The van der Waals surface area contributed by atoms with E-state index in [0.29, 0.717) is 0 Å². The SMILES string of the molecule is C=CCN1C(=O)C(=CC(=O)OC)SC1=Nc1nc[nH]c1C(N)=O. The molecule has 120 valence electrons. The Kier molecular flexibility index (Phi) is 4.96. The van der Waals surface area contributed by atoms with Crippen molar-refractivity contribution in [3.8, 4) is 0 Å². The van der Waals surface area contributed by atoms with Crippen LogP contribution >= 0.6 is 11.8 Å². The highest BCUT2D eigenvalue weighted by Gasteiger charge is 2.33. The Labute approximate surface area is 135 Å². The Hall–Kier alpha value is -2.88. The van der Waals surface area contributed by atoms with Crippen LogP contribution in [0.5, 0.6) is 0 Å². The summed E-state index contributed by atoms with van der Waals surface area (Å²) in [6, 6.07) is 0. The minimum atomic E-state index is -0.725. The van der Waals surface area contributed by atoms with Crippen molar-refractivity contribution in [2.75, 3.05) is 13.7 Å². The molecule has 0 radical (unpaired) electrons. The number of methoxy groups -OCH3 is 1. The Bertz CT molecular complexity index is 736. The molecule has 0 spiro atoms. The van der Waals surface area contributed by atoms with E-state index in [-0.39, 0.29) is 28.1 Å². The van der Waals surface area contributed by atoms with Crippen molar-refractivity contribution in [3.63, 3.8) is 0 Å². The molecule has 10 heteroatoms. The fourth-order valence-electron chi connectivity index (χ4n) is 1.69. The molecular weight excluding hydrogens is 322 g/mol. The van der Waals surface area contributed by atoms with Crippen LogP contribution in [0.25, 0.3) is 0 Å². The van der Waals surface area contributed by atoms with Gasteiger partial charge >= 0.3 is 5.97 Å². The number of esters is 1. The van der Waals surface area contributed by atoms with E-state index in [4.69, 9.17) is 5.73 Å². The third kappa shape index (κ3) is 3.48. The second kappa shape index (κ2) is 6.92. The lowest BCUT2D eigenvalue weighted by molar-refractivity contribution is -0.135. The van der Waals surface area contributed by atoms with Gasteiger partial charge in [-0.1, -0.05) is 6.08 Å². The molecule has 23 heavy (non-hydrogen) atoms. The predicted molar refractivity (Wildman–Crippen MR) is 83.8 cm³/mol. The van der Waals surface area contributed by atoms with Gasteiger partial charge in [-0.05, 0) is 11.8 Å². The molecule has 0 aliphatic carbocycles. The molecule has 0 unspecified atom stereocenters. The number of nitrogens with one attached hydrogen (secondary N) is 1. The second-order valence-electron chi connectivity index (χ2n) is 4.20. The maximum Gasteiger partial charge on any atom is 0.331 e. The number of aromatic amines is 1. The first kappa shape index (κ1) is 16.5. The van der Waals surface area contributed by atoms with Gasteiger partial charge in [-0.2, -0.15) is 0 Å². The number of carbonyl (C=O) groups is 3. The zero-order valence-corrected chi connectivity index (χ0v) is 12.9. The van der Waals surface area contributed by atoms with E-state index in [1.165, 1.54) is 24.4 Å². The normalized spacial score (nSPS) is 17.8. The van der Waals surface area contributed by atoms with Gasteiger partial charge in [0.05, 0.1) is 18.3 Å². The summed E-state index contributed by atoms with van der Waals surface area (Å²) in [5.41, 5.74) is 5.23. The molecule has 0 atom stereocenters. The maximum atomic E-state index is 12.3. The summed E-state index contributed by atoms with van der Waals surface area (Å²) in [5.74, 6) is -1.74. The van der Waals surface area contributed by atoms with E-state index in [9.17, 15) is 14.4 Å². The highest BCUT2D eigenvalue weighted by atomic mass is 32.2. The van der Waals surface area contributed by atoms with Crippen molar-refractivity contribution in [1.29, 1.82) is 0 Å². The van der Waals surface area contributed by atoms with E-state index in [1.54, 1.807) is 0 Å². The molecule has 0 aromatic carbocycles. The van der Waals surface area contributed by atoms with E-state index >= 15 is 0 Å². The first-order valence-corrected chi connectivity index (χ1v) is 7.11. The number of nitrogens with zero attached hydrogens (tertiary/aromatic N) is 3. The molecule has 1 aromatic rings. The van der Waals surface area contributed by atoms with Crippen molar-refractivity contribution >= 4 is 40.5 Å². The Morgan fingerprint density at radius 2 is 2.35 bits per heavy atom. The van der Waals surface area contributed by atoms with Crippen LogP contribution in [-0.4, -0.2) is 51.5 Å². The standard InChI is InChI=1S/C13H13N5O4S/c1-3-4-18-12(21)7(5-8(19)22-2)23-13(18)17-11-9(10(14)20)15-6-16-11/h3,5-6H,1,4H2,2H3,(H2,14,20)(H,15,16). The van der Waals surface area contributed by atoms with E-state index in [1.807, 2.05) is 0 Å². The number of imidazole rings is 1. The van der Waals surface area contributed by atoms with Crippen LogP contribution in [-0.2, 0) is 14.3 Å². The van der Waals surface area contributed by atoms with Crippen LogP contribution in [0.2, 0.25) is 0 Å². The van der Waals surface area contributed by atoms with Gasteiger partial charge in [0, 0.05) is 12.6 Å². The summed E-state index contributed by atoms with van der Waals surface area (Å²) in [4.78, 5) is 47.0. The third-order valence-electron chi connectivity index (χ3n) is 2.72. The van der Waals surface area contributed by atoms with Gasteiger partial charge in [0.15, 0.2) is 16.7 Å². The number of carbonyl (C=O) groups excluding carboxylic acids is 3. The number of hydrogen-bond acceptors (Lipinski definition) is 7. The molecule has 0 bridgehead atoms. The van der Waals surface area contributed by atoms with E-state index < -0.39 is 17.8 Å². The van der Waals surface area contributed by atoms with Crippen LogP contribution in [0, 0.1) is 0 Å². The van der Waals surface area contributed by atoms with Crippen LogP contribution < -0.4 is 5.73 Å². The number of nitrogens with two attached hydrogens (primary N) is 1. The van der Waals surface area contributed by atoms with Crippen molar-refractivity contribution in [2.45, 2.75) is 0 Å². The minimum Gasteiger partial charge on any atom is -0.466 e. The highest BCUT2D eigenvalue weighted by Crippen LogP contribution is 2.32. The van der Waals surface area contributed by atoms with E-state index in [2.05, 4.69) is 26.3 Å². The minimum absolute atomic E-state index is 0.0227. The molecule has 1 fully saturated rings. The number of hydrogen-bond donors (Lipinski definition) is 2. The van der Waals surface area contributed by atoms with Gasteiger partial charge in [0.1, 0.15) is 0 Å². The first-order chi connectivity index (χ1) is 11.0. The maximum absolute atomic E-state index is 12.3. The first-order valence-electron chi connectivity index (χ1n) is 6.30. The Morgan fingerprint density at radius 1 is 1.61 bits per heavy atom. The summed E-state index contributed by atoms with van der Waals surface area (Å²) < 4.78 is 4.51. The molecule has 2 heterocycles. The largest absolute Gasteiger partial charge is 0.466 e. The number of aromatic nitrogens is 2. The lowest BCUT2D eigenvalue weighted by Crippen LogP contribution is -2.29. The molecule has 9 nitrogen and oxygen atoms in total. The Balaban J connectivity index is 2.41. The summed E-state index contributed by atoms with van der Waals surface area (Å²) in [5, 5.41) is 0.250. The fraction of sp³-hybridized carbons (Fsp3) is 0.154. The molecule has 1 saturated heterocycles. The summed E-state index contributed by atoms with van der Waals surface area (Å²) in [6.45, 7) is 3.75. The number of amides is 2. The molecule has 2 amide bonds. The predicted octanol–water partition coefficient (Wildman–Crippen LogP) is 0.314. The topological polar surface area (TPSA) is 131 Å². The number of primary amides is 1. The molecule has 0 saturated carbocycles. The number of amidine groups is 1. The van der Waals surface area contributed by atoms with Crippen LogP contribution in [0.1, 0.15) is 10.5 Å². The number of ether oxygens (including phenoxy) is 1. The number of H-pyrrole nitrogens is 1. The quantitative estimate of drug-likeness (QED) is 0.452. The number of rotatable bonds is 5. The third-order valence-corrected chi connectivity index (χ3v) is 3.72. The monoisotopic (exact) mass is 335 g/mol.